The minimum Gasteiger partial charge on any atom is -0.520 e. The first-order valence-electron chi connectivity index (χ1n) is 7.55. The van der Waals surface area contributed by atoms with Crippen molar-refractivity contribution in [3.05, 3.63) is 0 Å². The first-order chi connectivity index (χ1) is 8.57. The van der Waals surface area contributed by atoms with Gasteiger partial charge in [0.25, 0.3) is 5.97 Å². The molecule has 1 aliphatic carbocycles. The summed E-state index contributed by atoms with van der Waals surface area (Å²) in [5.74, 6) is 0.980. The molecule has 0 atom stereocenters. The van der Waals surface area contributed by atoms with Gasteiger partial charge >= 0.3 is 0 Å². The van der Waals surface area contributed by atoms with E-state index in [1.54, 1.807) is 0 Å². The number of carbonyl (C=O) groups is 1. The summed E-state index contributed by atoms with van der Waals surface area (Å²) in [7, 11) is -2.87. The molecule has 5 heteroatoms. The average Bonchev–Trinajstić information content (AvgIpc) is 2.23. The number of rotatable bonds is 5. The van der Waals surface area contributed by atoms with E-state index in [9.17, 15) is 4.79 Å². The lowest BCUT2D eigenvalue weighted by Crippen LogP contribution is -2.44. The van der Waals surface area contributed by atoms with Crippen LogP contribution in [-0.2, 0) is 9.22 Å². The van der Waals surface area contributed by atoms with E-state index in [1.807, 2.05) is 0 Å². The molecule has 0 bridgehead atoms. The Balaban J connectivity index is 2.31. The van der Waals surface area contributed by atoms with Crippen molar-refractivity contribution in [1.82, 2.24) is 4.98 Å². The summed E-state index contributed by atoms with van der Waals surface area (Å²) < 4.78 is 5.62. The van der Waals surface area contributed by atoms with Gasteiger partial charge in [-0.2, -0.15) is 0 Å². The number of carbonyl (C=O) groups excluding carboxylic acids is 1. The molecule has 1 aliphatic rings. The fourth-order valence-electron chi connectivity index (χ4n) is 2.44. The molecular weight excluding hydrogens is 270 g/mol. The van der Waals surface area contributed by atoms with Gasteiger partial charge in [-0.05, 0) is 57.8 Å². The Morgan fingerprint density at radius 3 is 2.00 bits per heavy atom. The molecule has 0 spiro atoms. The van der Waals surface area contributed by atoms with Crippen LogP contribution in [0.5, 0.6) is 0 Å². The molecule has 0 radical (unpaired) electrons. The summed E-state index contributed by atoms with van der Waals surface area (Å²) in [4.78, 5) is 15.7. The normalized spacial score (nSPS) is 25.2. The molecule has 0 unspecified atom stereocenters. The highest BCUT2D eigenvalue weighted by atomic mass is 28.4. The predicted molar refractivity (Wildman–Crippen MR) is 86.2 cm³/mol. The van der Waals surface area contributed by atoms with Gasteiger partial charge < -0.3 is 9.41 Å². The highest BCUT2D eigenvalue weighted by Gasteiger charge is 2.30. The van der Waals surface area contributed by atoms with Crippen molar-refractivity contribution in [2.45, 2.75) is 65.0 Å². The predicted octanol–water partition coefficient (Wildman–Crippen LogP) is 3.60. The van der Waals surface area contributed by atoms with Gasteiger partial charge in [-0.15, -0.1) is 0 Å². The number of hydrogen-bond donors (Lipinski definition) is 1. The maximum atomic E-state index is 12.0. The first kappa shape index (κ1) is 16.9. The second kappa shape index (κ2) is 6.54. The molecule has 0 aromatic rings. The van der Waals surface area contributed by atoms with Crippen molar-refractivity contribution in [2.75, 3.05) is 6.54 Å². The van der Waals surface area contributed by atoms with Gasteiger partial charge in [-0.1, -0.05) is 19.6 Å². The topological polar surface area (TPSA) is 38.3 Å². The second-order valence-electron chi connectivity index (χ2n) is 7.88. The Hall–Kier alpha value is -0.136. The van der Waals surface area contributed by atoms with Crippen LogP contribution in [0.25, 0.3) is 0 Å². The van der Waals surface area contributed by atoms with Crippen molar-refractivity contribution in [1.29, 1.82) is 0 Å². The fourth-order valence-corrected chi connectivity index (χ4v) is 4.11. The molecule has 112 valence electrons. The Morgan fingerprint density at radius 1 is 1.05 bits per heavy atom. The van der Waals surface area contributed by atoms with Crippen LogP contribution >= 0.6 is 0 Å². The zero-order valence-electron chi connectivity index (χ0n) is 13.5. The van der Waals surface area contributed by atoms with Gasteiger partial charge in [0.05, 0.1) is 5.92 Å². The zero-order valence-corrected chi connectivity index (χ0v) is 15.5. The van der Waals surface area contributed by atoms with Crippen molar-refractivity contribution < 1.29 is 9.22 Å². The number of nitrogens with one attached hydrogen (secondary N) is 1. The third-order valence-electron chi connectivity index (χ3n) is 3.51. The third kappa shape index (κ3) is 7.27. The van der Waals surface area contributed by atoms with E-state index < -0.39 is 16.6 Å². The Morgan fingerprint density at radius 2 is 1.58 bits per heavy atom. The minimum atomic E-state index is -1.72. The third-order valence-corrected chi connectivity index (χ3v) is 5.59. The first-order valence-corrected chi connectivity index (χ1v) is 14.5. The van der Waals surface area contributed by atoms with E-state index in [4.69, 9.17) is 4.43 Å². The molecular formula is C14H31NO2Si2. The van der Waals surface area contributed by atoms with Gasteiger partial charge in [0, 0.05) is 0 Å². The van der Waals surface area contributed by atoms with Crippen molar-refractivity contribution in [3.8, 4) is 0 Å². The smallest absolute Gasteiger partial charge is 0.295 e. The van der Waals surface area contributed by atoms with Gasteiger partial charge in [0.15, 0.2) is 0 Å². The largest absolute Gasteiger partial charge is 0.520 e. The van der Waals surface area contributed by atoms with Crippen LogP contribution in [0.1, 0.15) is 25.7 Å². The zero-order chi connectivity index (χ0) is 14.7. The summed E-state index contributed by atoms with van der Waals surface area (Å²) in [6, 6.07) is 0. The molecule has 1 rings (SSSR count). The lowest BCUT2D eigenvalue weighted by molar-refractivity contribution is -0.141. The Labute approximate surface area is 120 Å². The van der Waals surface area contributed by atoms with Crippen molar-refractivity contribution in [2.24, 2.45) is 11.8 Å². The molecule has 0 amide bonds. The Bertz CT molecular complexity index is 300. The Kier molecular flexibility index (Phi) is 5.83. The number of hydrogen-bond acceptors (Lipinski definition) is 3. The molecule has 1 N–H and O–H groups in total. The van der Waals surface area contributed by atoms with Crippen LogP contribution in [0.4, 0.5) is 0 Å². The molecule has 0 aliphatic heterocycles. The molecule has 0 saturated heterocycles. The lowest BCUT2D eigenvalue weighted by Gasteiger charge is -2.31. The van der Waals surface area contributed by atoms with Crippen LogP contribution in [0.15, 0.2) is 0 Å². The van der Waals surface area contributed by atoms with E-state index in [0.717, 1.165) is 25.3 Å². The van der Waals surface area contributed by atoms with E-state index in [0.29, 0.717) is 0 Å². The molecule has 0 aromatic heterocycles. The molecule has 1 fully saturated rings. The van der Waals surface area contributed by atoms with Crippen molar-refractivity contribution >= 4 is 22.5 Å². The van der Waals surface area contributed by atoms with Crippen LogP contribution < -0.4 is 4.98 Å². The van der Waals surface area contributed by atoms with Gasteiger partial charge in [-0.25, -0.2) is 0 Å². The van der Waals surface area contributed by atoms with E-state index in [-0.39, 0.29) is 11.9 Å². The summed E-state index contributed by atoms with van der Waals surface area (Å²) in [5.41, 5.74) is 0. The standard InChI is InChI=1S/C14H31NO2Si2/c1-18(2,3)15-11-12-7-9-13(10-8-12)14(16)17-19(4,5)6/h12-13,15H,7-11H2,1-6H3. The van der Waals surface area contributed by atoms with Gasteiger partial charge in [0.1, 0.15) is 8.24 Å². The molecule has 0 aromatic carbocycles. The summed E-state index contributed by atoms with van der Waals surface area (Å²) in [6.45, 7) is 14.4. The lowest BCUT2D eigenvalue weighted by atomic mass is 9.82. The summed E-state index contributed by atoms with van der Waals surface area (Å²) in [6.07, 6.45) is 4.37. The van der Waals surface area contributed by atoms with Crippen LogP contribution in [-0.4, -0.2) is 29.1 Å². The highest BCUT2D eigenvalue weighted by molar-refractivity contribution is 6.73. The maximum absolute atomic E-state index is 12.0. The van der Waals surface area contributed by atoms with Crippen LogP contribution in [0.3, 0.4) is 0 Å². The van der Waals surface area contributed by atoms with E-state index in [2.05, 4.69) is 44.3 Å². The monoisotopic (exact) mass is 301 g/mol. The van der Waals surface area contributed by atoms with Crippen LogP contribution in [0.2, 0.25) is 39.3 Å². The fraction of sp³-hybridized carbons (Fsp3) is 0.929. The molecule has 0 heterocycles. The molecule has 19 heavy (non-hydrogen) atoms. The van der Waals surface area contributed by atoms with Gasteiger partial charge in [-0.3, -0.25) is 4.79 Å². The highest BCUT2D eigenvalue weighted by Crippen LogP contribution is 2.30. The maximum Gasteiger partial charge on any atom is 0.295 e. The van der Waals surface area contributed by atoms with E-state index in [1.165, 1.54) is 12.8 Å². The van der Waals surface area contributed by atoms with Gasteiger partial charge in [0.2, 0.25) is 8.32 Å². The SMILES string of the molecule is C[Si](C)(C)NCC1CCC(C(=O)O[Si](C)(C)C)CC1. The van der Waals surface area contributed by atoms with Crippen LogP contribution in [0, 0.1) is 11.8 Å². The summed E-state index contributed by atoms with van der Waals surface area (Å²) in [5, 5.41) is 0. The van der Waals surface area contributed by atoms with Crippen molar-refractivity contribution in [3.63, 3.8) is 0 Å². The molecule has 3 nitrogen and oxygen atoms in total. The quantitative estimate of drug-likeness (QED) is 0.789. The average molecular weight is 302 g/mol. The summed E-state index contributed by atoms with van der Waals surface area (Å²) >= 11 is 0. The second-order valence-corrected chi connectivity index (χ2v) is 17.2. The minimum absolute atomic E-state index is 0.0655. The molecule has 1 saturated carbocycles. The van der Waals surface area contributed by atoms with E-state index >= 15 is 0 Å².